The summed E-state index contributed by atoms with van der Waals surface area (Å²) in [6.45, 7) is 14.4. The first kappa shape index (κ1) is 19.7. The molecule has 4 aliphatic rings. The molecule has 154 valence electrons. The number of rotatable bonds is 2. The Balaban J connectivity index is 1.87. The highest BCUT2D eigenvalue weighted by molar-refractivity contribution is 5.67. The van der Waals surface area contributed by atoms with Crippen LogP contribution in [0.25, 0.3) is 0 Å². The van der Waals surface area contributed by atoms with Crippen molar-refractivity contribution in [3.8, 4) is 0 Å². The highest BCUT2D eigenvalue weighted by Gasteiger charge is 2.67. The number of allylic oxidation sites excluding steroid dienone is 1. The predicted octanol–water partition coefficient (Wildman–Crippen LogP) is 4.98. The molecule has 4 rings (SSSR count). The van der Waals surface area contributed by atoms with E-state index in [1.54, 1.807) is 0 Å². The molecule has 2 bridgehead atoms. The second-order valence-electron chi connectivity index (χ2n) is 10.6. The number of carbonyl (C=O) groups is 2. The maximum Gasteiger partial charge on any atom is 0.303 e. The third-order valence-electron chi connectivity index (χ3n) is 8.32. The molecule has 0 aromatic rings. The van der Waals surface area contributed by atoms with Gasteiger partial charge in [0.2, 0.25) is 0 Å². The van der Waals surface area contributed by atoms with Crippen LogP contribution in [0.5, 0.6) is 0 Å². The number of carbonyl (C=O) groups excluding carboxylic acids is 2. The Kier molecular flexibility index (Phi) is 4.37. The van der Waals surface area contributed by atoms with Crippen molar-refractivity contribution in [3.63, 3.8) is 0 Å². The third kappa shape index (κ3) is 2.63. The summed E-state index contributed by atoms with van der Waals surface area (Å²) in [5, 5.41) is 0. The lowest BCUT2D eigenvalue weighted by Gasteiger charge is -2.63. The Morgan fingerprint density at radius 1 is 1.07 bits per heavy atom. The number of hydrogen-bond donors (Lipinski definition) is 0. The van der Waals surface area contributed by atoms with Gasteiger partial charge < -0.3 is 9.47 Å². The molecule has 0 N–H and O–H groups in total. The van der Waals surface area contributed by atoms with Gasteiger partial charge in [0, 0.05) is 25.2 Å². The molecule has 0 saturated heterocycles. The molecular formula is C24H34O4. The minimum atomic E-state index is -0.301. The van der Waals surface area contributed by atoms with Gasteiger partial charge in [-0.15, -0.1) is 0 Å². The molecule has 6 unspecified atom stereocenters. The van der Waals surface area contributed by atoms with Crippen molar-refractivity contribution in [2.24, 2.45) is 28.1 Å². The van der Waals surface area contributed by atoms with E-state index >= 15 is 0 Å². The van der Waals surface area contributed by atoms with E-state index in [1.807, 2.05) is 0 Å². The molecule has 3 fully saturated rings. The van der Waals surface area contributed by atoms with Crippen LogP contribution in [-0.2, 0) is 19.1 Å². The lowest BCUT2D eigenvalue weighted by molar-refractivity contribution is -0.179. The largest absolute Gasteiger partial charge is 0.462 e. The predicted molar refractivity (Wildman–Crippen MR) is 107 cm³/mol. The van der Waals surface area contributed by atoms with Crippen molar-refractivity contribution in [3.05, 3.63) is 23.8 Å². The summed E-state index contributed by atoms with van der Waals surface area (Å²) in [5.74, 6) is 0.152. The topological polar surface area (TPSA) is 52.6 Å². The average molecular weight is 387 g/mol. The number of hydrogen-bond acceptors (Lipinski definition) is 4. The summed E-state index contributed by atoms with van der Waals surface area (Å²) in [6, 6.07) is 0. The van der Waals surface area contributed by atoms with E-state index < -0.39 is 0 Å². The quantitative estimate of drug-likeness (QED) is 0.496. The van der Waals surface area contributed by atoms with Crippen LogP contribution in [0.1, 0.15) is 73.1 Å². The van der Waals surface area contributed by atoms with E-state index in [0.717, 1.165) is 37.7 Å². The van der Waals surface area contributed by atoms with Crippen LogP contribution >= 0.6 is 0 Å². The smallest absolute Gasteiger partial charge is 0.303 e. The minimum Gasteiger partial charge on any atom is -0.462 e. The summed E-state index contributed by atoms with van der Waals surface area (Å²) >= 11 is 0. The number of ether oxygens (including phenoxy) is 2. The van der Waals surface area contributed by atoms with E-state index in [0.29, 0.717) is 5.92 Å². The maximum atomic E-state index is 12.0. The first-order chi connectivity index (χ1) is 13.0. The van der Waals surface area contributed by atoms with Crippen LogP contribution in [-0.4, -0.2) is 24.1 Å². The first-order valence-corrected chi connectivity index (χ1v) is 10.8. The fraction of sp³-hybridized carbons (Fsp3) is 0.750. The fourth-order valence-electron chi connectivity index (χ4n) is 7.75. The van der Waals surface area contributed by atoms with E-state index in [9.17, 15) is 9.59 Å². The monoisotopic (exact) mass is 386 g/mol. The molecule has 1 spiro atoms. The van der Waals surface area contributed by atoms with E-state index in [1.165, 1.54) is 25.8 Å². The molecule has 28 heavy (non-hydrogen) atoms. The molecule has 0 aliphatic heterocycles. The van der Waals surface area contributed by atoms with Crippen molar-refractivity contribution < 1.29 is 19.1 Å². The molecule has 3 saturated carbocycles. The lowest BCUT2D eigenvalue weighted by atomic mass is 9.43. The van der Waals surface area contributed by atoms with Gasteiger partial charge >= 0.3 is 11.9 Å². The first-order valence-electron chi connectivity index (χ1n) is 10.8. The molecule has 4 aliphatic carbocycles. The third-order valence-corrected chi connectivity index (χ3v) is 8.32. The zero-order valence-electron chi connectivity index (χ0n) is 18.0. The van der Waals surface area contributed by atoms with Crippen molar-refractivity contribution in [1.29, 1.82) is 0 Å². The molecule has 0 radical (unpaired) electrons. The normalized spacial score (nSPS) is 43.5. The average Bonchev–Trinajstić information content (AvgIpc) is 2.73. The highest BCUT2D eigenvalue weighted by atomic mass is 16.6. The van der Waals surface area contributed by atoms with Crippen molar-refractivity contribution in [1.82, 2.24) is 0 Å². The Labute approximate surface area is 168 Å². The lowest BCUT2D eigenvalue weighted by Crippen LogP contribution is -2.60. The Bertz CT molecular complexity index is 763. The van der Waals surface area contributed by atoms with Crippen LogP contribution < -0.4 is 0 Å². The summed E-state index contributed by atoms with van der Waals surface area (Å²) in [6.07, 6.45) is 8.05. The molecule has 0 aromatic heterocycles. The van der Waals surface area contributed by atoms with Gasteiger partial charge in [-0.3, -0.25) is 9.59 Å². The fourth-order valence-corrected chi connectivity index (χ4v) is 7.75. The van der Waals surface area contributed by atoms with Crippen molar-refractivity contribution >= 4 is 11.9 Å². The van der Waals surface area contributed by atoms with Gasteiger partial charge in [-0.2, -0.15) is 0 Å². The van der Waals surface area contributed by atoms with E-state index in [2.05, 4.69) is 33.4 Å². The van der Waals surface area contributed by atoms with Crippen LogP contribution in [0.4, 0.5) is 0 Å². The van der Waals surface area contributed by atoms with Gasteiger partial charge in [-0.05, 0) is 54.4 Å². The zero-order valence-corrected chi connectivity index (χ0v) is 18.0. The highest BCUT2D eigenvalue weighted by Crippen LogP contribution is 2.71. The molecule has 0 aromatic carbocycles. The number of esters is 2. The van der Waals surface area contributed by atoms with Gasteiger partial charge in [0.1, 0.15) is 12.2 Å². The Hall–Kier alpha value is -1.58. The molecule has 6 atom stereocenters. The van der Waals surface area contributed by atoms with Crippen LogP contribution in [0, 0.1) is 28.1 Å². The maximum absolute atomic E-state index is 12.0. The van der Waals surface area contributed by atoms with Gasteiger partial charge in [-0.1, -0.05) is 45.4 Å². The summed E-state index contributed by atoms with van der Waals surface area (Å²) in [4.78, 5) is 24.0. The molecule has 0 heterocycles. The summed E-state index contributed by atoms with van der Waals surface area (Å²) in [7, 11) is 0. The van der Waals surface area contributed by atoms with Gasteiger partial charge in [0.15, 0.2) is 0 Å². The van der Waals surface area contributed by atoms with Crippen LogP contribution in [0.3, 0.4) is 0 Å². The zero-order chi connectivity index (χ0) is 20.5. The van der Waals surface area contributed by atoms with Crippen molar-refractivity contribution in [2.45, 2.75) is 85.4 Å². The summed E-state index contributed by atoms with van der Waals surface area (Å²) < 4.78 is 11.9. The standard InChI is InChI=1S/C24H34O4/c1-14-17-8-9-19-23(6)11-7-10-22(4,5)20(23)18(27-15(2)25)13-24(19,12-17)21(14)28-16(3)26/h9,17-18,20-21H,1,7-8,10-13H2,2-6H3. The molecular weight excluding hydrogens is 352 g/mol. The van der Waals surface area contributed by atoms with Crippen molar-refractivity contribution in [2.75, 3.05) is 0 Å². The minimum absolute atomic E-state index is 0.0475. The number of fused-ring (bicyclic) bond motifs is 3. The van der Waals surface area contributed by atoms with Gasteiger partial charge in [-0.25, -0.2) is 0 Å². The second-order valence-corrected chi connectivity index (χ2v) is 10.6. The Morgan fingerprint density at radius 3 is 2.39 bits per heavy atom. The van der Waals surface area contributed by atoms with E-state index in [-0.39, 0.29) is 46.3 Å². The van der Waals surface area contributed by atoms with Gasteiger partial charge in [0.25, 0.3) is 0 Å². The van der Waals surface area contributed by atoms with Crippen LogP contribution in [0.2, 0.25) is 0 Å². The molecule has 4 heteroatoms. The molecule has 4 nitrogen and oxygen atoms in total. The SMILES string of the molecule is C=C1C2CC=C3C4(C)CCCC(C)(C)C4C(OC(C)=O)CC3(C2)C1OC(C)=O. The van der Waals surface area contributed by atoms with Crippen LogP contribution in [0.15, 0.2) is 23.8 Å². The van der Waals surface area contributed by atoms with E-state index in [4.69, 9.17) is 9.47 Å². The molecule has 0 amide bonds. The second kappa shape index (κ2) is 6.21. The Morgan fingerprint density at radius 2 is 1.75 bits per heavy atom. The summed E-state index contributed by atoms with van der Waals surface area (Å²) in [5.41, 5.74) is 2.26. The van der Waals surface area contributed by atoms with Gasteiger partial charge in [0.05, 0.1) is 0 Å².